The Hall–Kier alpha value is -3.25. The van der Waals surface area contributed by atoms with E-state index < -0.39 is 17.6 Å². The largest absolute Gasteiger partial charge is 0.322 e. The van der Waals surface area contributed by atoms with Crippen LogP contribution in [0.15, 0.2) is 60.8 Å². The summed E-state index contributed by atoms with van der Waals surface area (Å²) in [5, 5.41) is 5.86. The van der Waals surface area contributed by atoms with E-state index in [1.807, 2.05) is 6.92 Å². The van der Waals surface area contributed by atoms with Crippen molar-refractivity contribution in [1.29, 1.82) is 0 Å². The molecule has 27 heavy (non-hydrogen) atoms. The van der Waals surface area contributed by atoms with E-state index in [9.17, 15) is 14.0 Å². The molecular formula is C20H15ClFN3O2. The average molecular weight is 384 g/mol. The first-order chi connectivity index (χ1) is 12.9. The molecule has 1 heterocycles. The van der Waals surface area contributed by atoms with Gasteiger partial charge in [0.15, 0.2) is 0 Å². The van der Waals surface area contributed by atoms with Crippen molar-refractivity contribution in [2.45, 2.75) is 6.92 Å². The van der Waals surface area contributed by atoms with Gasteiger partial charge in [0.1, 0.15) is 11.5 Å². The zero-order chi connectivity index (χ0) is 19.4. The van der Waals surface area contributed by atoms with Crippen molar-refractivity contribution in [3.63, 3.8) is 0 Å². The smallest absolute Gasteiger partial charge is 0.274 e. The Morgan fingerprint density at radius 2 is 1.70 bits per heavy atom. The number of carbonyl (C=O) groups is 2. The lowest BCUT2D eigenvalue weighted by Gasteiger charge is -2.09. The maximum Gasteiger partial charge on any atom is 0.274 e. The summed E-state index contributed by atoms with van der Waals surface area (Å²) in [6.45, 7) is 1.84. The number of rotatable bonds is 4. The van der Waals surface area contributed by atoms with E-state index in [4.69, 9.17) is 11.6 Å². The Morgan fingerprint density at radius 3 is 2.44 bits per heavy atom. The normalized spacial score (nSPS) is 10.3. The minimum Gasteiger partial charge on any atom is -0.322 e. The van der Waals surface area contributed by atoms with Gasteiger partial charge in [0.05, 0.1) is 0 Å². The number of aryl methyl sites for hydroxylation is 1. The minimum atomic E-state index is -0.461. The second-order valence-corrected chi connectivity index (χ2v) is 6.24. The quantitative estimate of drug-likeness (QED) is 0.686. The molecule has 7 heteroatoms. The summed E-state index contributed by atoms with van der Waals surface area (Å²) in [6.07, 6.45) is 1.37. The Balaban J connectivity index is 1.76. The number of hydrogen-bond acceptors (Lipinski definition) is 3. The number of halogens is 2. The van der Waals surface area contributed by atoms with Crippen LogP contribution < -0.4 is 10.6 Å². The van der Waals surface area contributed by atoms with Gasteiger partial charge in [0.2, 0.25) is 0 Å². The van der Waals surface area contributed by atoms with Crippen molar-refractivity contribution in [2.24, 2.45) is 0 Å². The third kappa shape index (κ3) is 4.68. The van der Waals surface area contributed by atoms with Gasteiger partial charge in [0.25, 0.3) is 11.8 Å². The number of benzene rings is 2. The highest BCUT2D eigenvalue weighted by molar-refractivity contribution is 6.31. The Labute approximate surface area is 160 Å². The summed E-state index contributed by atoms with van der Waals surface area (Å²) in [4.78, 5) is 28.8. The minimum absolute atomic E-state index is 0.0844. The molecule has 136 valence electrons. The molecule has 0 atom stereocenters. The predicted octanol–water partition coefficient (Wildman–Crippen LogP) is 4.69. The fraction of sp³-hybridized carbons (Fsp3) is 0.0500. The number of anilines is 2. The third-order valence-electron chi connectivity index (χ3n) is 3.80. The van der Waals surface area contributed by atoms with Crippen LogP contribution in [0.5, 0.6) is 0 Å². The van der Waals surface area contributed by atoms with Crippen LogP contribution in [0.3, 0.4) is 0 Å². The topological polar surface area (TPSA) is 71.1 Å². The summed E-state index contributed by atoms with van der Waals surface area (Å²) in [5.41, 5.74) is 2.19. The highest BCUT2D eigenvalue weighted by Gasteiger charge is 2.13. The maximum atomic E-state index is 12.9. The summed E-state index contributed by atoms with van der Waals surface area (Å²) in [7, 11) is 0. The second kappa shape index (κ2) is 7.97. The molecule has 0 unspecified atom stereocenters. The van der Waals surface area contributed by atoms with Crippen molar-refractivity contribution in [2.75, 3.05) is 10.6 Å². The fourth-order valence-electron chi connectivity index (χ4n) is 2.35. The molecule has 0 spiro atoms. The van der Waals surface area contributed by atoms with Crippen LogP contribution >= 0.6 is 11.6 Å². The van der Waals surface area contributed by atoms with Gasteiger partial charge in [-0.3, -0.25) is 14.6 Å². The first-order valence-electron chi connectivity index (χ1n) is 8.03. The molecule has 0 radical (unpaired) electrons. The zero-order valence-electron chi connectivity index (χ0n) is 14.3. The van der Waals surface area contributed by atoms with Crippen molar-refractivity contribution in [3.05, 3.63) is 88.5 Å². The second-order valence-electron chi connectivity index (χ2n) is 5.80. The number of carbonyl (C=O) groups excluding carboxylic acids is 2. The molecule has 0 aliphatic rings. The lowest BCUT2D eigenvalue weighted by molar-refractivity contribution is 0.102. The van der Waals surface area contributed by atoms with E-state index in [2.05, 4.69) is 15.6 Å². The molecule has 2 amide bonds. The number of pyridine rings is 1. The Bertz CT molecular complexity index is 1010. The average Bonchev–Trinajstić information content (AvgIpc) is 2.66. The SMILES string of the molecule is Cc1ccc(Cl)cc1NC(=O)c1cc(C(=O)Nc2ccc(F)cc2)ccn1. The summed E-state index contributed by atoms with van der Waals surface area (Å²) in [6, 6.07) is 13.4. The van der Waals surface area contributed by atoms with Crippen LogP contribution in [0, 0.1) is 12.7 Å². The first-order valence-corrected chi connectivity index (χ1v) is 8.40. The maximum absolute atomic E-state index is 12.9. The summed E-state index contributed by atoms with van der Waals surface area (Å²) >= 11 is 5.96. The Morgan fingerprint density at radius 1 is 0.963 bits per heavy atom. The Kier molecular flexibility index (Phi) is 5.47. The van der Waals surface area contributed by atoms with Crippen molar-refractivity contribution in [3.8, 4) is 0 Å². The molecule has 2 aromatic carbocycles. The number of aromatic nitrogens is 1. The van der Waals surface area contributed by atoms with Gasteiger partial charge in [0, 0.05) is 28.2 Å². The molecule has 0 aliphatic heterocycles. The highest BCUT2D eigenvalue weighted by atomic mass is 35.5. The van der Waals surface area contributed by atoms with Gasteiger partial charge >= 0.3 is 0 Å². The molecule has 0 saturated heterocycles. The predicted molar refractivity (Wildman–Crippen MR) is 103 cm³/mol. The van der Waals surface area contributed by atoms with E-state index in [0.29, 0.717) is 16.4 Å². The molecule has 2 N–H and O–H groups in total. The summed E-state index contributed by atoms with van der Waals surface area (Å²) < 4.78 is 12.9. The zero-order valence-corrected chi connectivity index (χ0v) is 15.0. The van der Waals surface area contributed by atoms with Gasteiger partial charge in [-0.05, 0) is 61.0 Å². The summed E-state index contributed by atoms with van der Waals surface area (Å²) in [5.74, 6) is -1.29. The van der Waals surface area contributed by atoms with Crippen molar-refractivity contribution >= 4 is 34.8 Å². The van der Waals surface area contributed by atoms with Gasteiger partial charge in [-0.2, -0.15) is 0 Å². The number of hydrogen-bond donors (Lipinski definition) is 2. The lowest BCUT2D eigenvalue weighted by atomic mass is 10.1. The van der Waals surface area contributed by atoms with Crippen molar-refractivity contribution < 1.29 is 14.0 Å². The van der Waals surface area contributed by atoms with Gasteiger partial charge in [-0.25, -0.2) is 4.39 Å². The number of nitrogens with one attached hydrogen (secondary N) is 2. The number of nitrogens with zero attached hydrogens (tertiary/aromatic N) is 1. The van der Waals surface area contributed by atoms with Crippen LogP contribution in [0.25, 0.3) is 0 Å². The van der Waals surface area contributed by atoms with Gasteiger partial charge < -0.3 is 10.6 Å². The molecule has 0 aliphatic carbocycles. The van der Waals surface area contributed by atoms with Crippen LogP contribution in [0.4, 0.5) is 15.8 Å². The molecule has 0 saturated carbocycles. The van der Waals surface area contributed by atoms with E-state index in [0.717, 1.165) is 5.56 Å². The standard InChI is InChI=1S/C20H15ClFN3O2/c1-12-2-3-14(21)11-17(12)25-20(27)18-10-13(8-9-23-18)19(26)24-16-6-4-15(22)5-7-16/h2-11H,1H3,(H,24,26)(H,25,27). The van der Waals surface area contributed by atoms with Gasteiger partial charge in [-0.1, -0.05) is 17.7 Å². The molecule has 3 aromatic rings. The lowest BCUT2D eigenvalue weighted by Crippen LogP contribution is -2.17. The molecular weight excluding hydrogens is 369 g/mol. The van der Waals surface area contributed by atoms with Crippen LogP contribution in [0.2, 0.25) is 5.02 Å². The molecule has 0 fully saturated rings. The van der Waals surface area contributed by atoms with E-state index >= 15 is 0 Å². The van der Waals surface area contributed by atoms with Crippen LogP contribution in [-0.4, -0.2) is 16.8 Å². The van der Waals surface area contributed by atoms with E-state index in [1.165, 1.54) is 42.6 Å². The van der Waals surface area contributed by atoms with Crippen LogP contribution in [-0.2, 0) is 0 Å². The fourth-order valence-corrected chi connectivity index (χ4v) is 2.52. The number of amides is 2. The monoisotopic (exact) mass is 383 g/mol. The third-order valence-corrected chi connectivity index (χ3v) is 4.04. The molecule has 5 nitrogen and oxygen atoms in total. The van der Waals surface area contributed by atoms with Crippen molar-refractivity contribution in [1.82, 2.24) is 4.98 Å². The van der Waals surface area contributed by atoms with E-state index in [1.54, 1.807) is 18.2 Å². The van der Waals surface area contributed by atoms with Crippen LogP contribution in [0.1, 0.15) is 26.4 Å². The first kappa shape index (κ1) is 18.5. The molecule has 3 rings (SSSR count). The van der Waals surface area contributed by atoms with Gasteiger partial charge in [-0.15, -0.1) is 0 Å². The molecule has 1 aromatic heterocycles. The van der Waals surface area contributed by atoms with E-state index in [-0.39, 0.29) is 11.3 Å². The molecule has 0 bridgehead atoms. The highest BCUT2D eigenvalue weighted by Crippen LogP contribution is 2.21.